The van der Waals surface area contributed by atoms with Crippen LogP contribution in [0.25, 0.3) is 0 Å². The molecule has 0 aliphatic carbocycles. The number of unbranched alkanes of at least 4 members (excludes halogenated alkanes) is 20. The van der Waals surface area contributed by atoms with E-state index in [0.29, 0.717) is 17.4 Å². The van der Waals surface area contributed by atoms with Crippen LogP contribution in [-0.2, 0) is 32.7 Å². The van der Waals surface area contributed by atoms with Crippen molar-refractivity contribution in [2.24, 2.45) is 0 Å². The molecule has 10 heteroatoms. The van der Waals surface area contributed by atoms with Crippen LogP contribution in [0.15, 0.2) is 60.8 Å². The molecular formula is C50H91NO8P+. The van der Waals surface area contributed by atoms with Gasteiger partial charge in [0.15, 0.2) is 6.10 Å². The second kappa shape index (κ2) is 42.0. The molecule has 0 rings (SSSR count). The number of carbonyl (C=O) groups excluding carboxylic acids is 2. The zero-order valence-electron chi connectivity index (χ0n) is 39.2. The number of phosphoric acid groups is 1. The number of hydrogen-bond acceptors (Lipinski definition) is 7. The lowest BCUT2D eigenvalue weighted by Crippen LogP contribution is -2.37. The maximum Gasteiger partial charge on any atom is 0.472 e. The van der Waals surface area contributed by atoms with Crippen molar-refractivity contribution in [1.82, 2.24) is 0 Å². The Morgan fingerprint density at radius 3 is 1.35 bits per heavy atom. The lowest BCUT2D eigenvalue weighted by Gasteiger charge is -2.24. The van der Waals surface area contributed by atoms with Crippen LogP contribution in [0.2, 0.25) is 0 Å². The highest BCUT2D eigenvalue weighted by molar-refractivity contribution is 7.47. The van der Waals surface area contributed by atoms with Crippen LogP contribution in [0.4, 0.5) is 0 Å². The Morgan fingerprint density at radius 2 is 0.933 bits per heavy atom. The van der Waals surface area contributed by atoms with Gasteiger partial charge >= 0.3 is 19.8 Å². The number of nitrogens with zero attached hydrogens (tertiary/aromatic N) is 1. The van der Waals surface area contributed by atoms with Crippen LogP contribution in [0.3, 0.4) is 0 Å². The summed E-state index contributed by atoms with van der Waals surface area (Å²) in [5, 5.41) is 0. The van der Waals surface area contributed by atoms with E-state index in [2.05, 4.69) is 56.4 Å². The maximum absolute atomic E-state index is 12.6. The first-order valence-corrected chi connectivity index (χ1v) is 25.5. The van der Waals surface area contributed by atoms with Gasteiger partial charge in [0.2, 0.25) is 0 Å². The van der Waals surface area contributed by atoms with Crippen molar-refractivity contribution in [1.29, 1.82) is 0 Å². The van der Waals surface area contributed by atoms with Gasteiger partial charge in [0.05, 0.1) is 34.2 Å². The number of ether oxygens (including phenoxy) is 2. The normalized spacial score (nSPS) is 14.0. The minimum atomic E-state index is -4.40. The Balaban J connectivity index is 4.34. The average molecular weight is 865 g/mol. The first kappa shape index (κ1) is 57.7. The lowest BCUT2D eigenvalue weighted by atomic mass is 10.0. The van der Waals surface area contributed by atoms with E-state index in [9.17, 15) is 19.0 Å². The molecule has 60 heavy (non-hydrogen) atoms. The molecule has 0 aliphatic heterocycles. The minimum Gasteiger partial charge on any atom is -0.462 e. The second-order valence-corrected chi connectivity index (χ2v) is 18.6. The molecule has 9 nitrogen and oxygen atoms in total. The molecule has 0 fully saturated rings. The molecule has 2 unspecified atom stereocenters. The molecule has 0 aromatic rings. The fourth-order valence-electron chi connectivity index (χ4n) is 6.38. The summed E-state index contributed by atoms with van der Waals surface area (Å²) in [5.74, 6) is -0.942. The molecule has 0 aliphatic rings. The Labute approximate surface area is 368 Å². The quantitative estimate of drug-likeness (QED) is 0.0212. The number of allylic oxidation sites excluding steroid dienone is 9. The predicted molar refractivity (Wildman–Crippen MR) is 252 cm³/mol. The van der Waals surface area contributed by atoms with Gasteiger partial charge in [-0.1, -0.05) is 203 Å². The maximum atomic E-state index is 12.6. The number of esters is 2. The fraction of sp³-hybridized carbons (Fsp3) is 0.760. The smallest absolute Gasteiger partial charge is 0.462 e. The SMILES string of the molecule is CC/C=C\C/C=C\C/C=C\C/C=C\C/C=C\CC(=O)OC(COC(=O)CCCCCCCCCCCCCCCCCCCCCCC)COP(=O)(O)OCC[N+](C)(C)C. The van der Waals surface area contributed by atoms with Crippen molar-refractivity contribution in [2.45, 2.75) is 200 Å². The number of carbonyl (C=O) groups is 2. The molecule has 0 aromatic carbocycles. The molecule has 0 saturated heterocycles. The molecule has 2 atom stereocenters. The van der Waals surface area contributed by atoms with Crippen LogP contribution in [0, 0.1) is 0 Å². The molecule has 0 aromatic heterocycles. The topological polar surface area (TPSA) is 108 Å². The average Bonchev–Trinajstić information content (AvgIpc) is 3.20. The molecular weight excluding hydrogens is 774 g/mol. The van der Waals surface area contributed by atoms with Gasteiger partial charge in [0.25, 0.3) is 0 Å². The molecule has 0 spiro atoms. The molecule has 0 amide bonds. The van der Waals surface area contributed by atoms with E-state index in [1.165, 1.54) is 116 Å². The Morgan fingerprint density at radius 1 is 0.533 bits per heavy atom. The van der Waals surface area contributed by atoms with Crippen molar-refractivity contribution in [3.05, 3.63) is 60.8 Å². The van der Waals surface area contributed by atoms with Crippen LogP contribution in [0.1, 0.15) is 194 Å². The van der Waals surface area contributed by atoms with Gasteiger partial charge < -0.3 is 18.9 Å². The first-order chi connectivity index (χ1) is 29.0. The fourth-order valence-corrected chi connectivity index (χ4v) is 7.13. The summed E-state index contributed by atoms with van der Waals surface area (Å²) >= 11 is 0. The van der Waals surface area contributed by atoms with Gasteiger partial charge in [-0.25, -0.2) is 4.57 Å². The summed E-state index contributed by atoms with van der Waals surface area (Å²) in [6.07, 6.45) is 51.7. The van der Waals surface area contributed by atoms with Gasteiger partial charge in [0.1, 0.15) is 19.8 Å². The third-order valence-corrected chi connectivity index (χ3v) is 11.1. The van der Waals surface area contributed by atoms with Gasteiger partial charge in [-0.05, 0) is 38.5 Å². The van der Waals surface area contributed by atoms with Crippen LogP contribution in [-0.4, -0.2) is 74.9 Å². The number of likely N-dealkylation sites (N-methyl/N-ethyl adjacent to an activating group) is 1. The minimum absolute atomic E-state index is 0.00813. The molecule has 0 saturated carbocycles. The molecule has 0 heterocycles. The van der Waals surface area contributed by atoms with Crippen molar-refractivity contribution >= 4 is 19.8 Å². The molecule has 0 radical (unpaired) electrons. The van der Waals surface area contributed by atoms with Crippen molar-refractivity contribution in [3.8, 4) is 0 Å². The van der Waals surface area contributed by atoms with Crippen LogP contribution in [0.5, 0.6) is 0 Å². The first-order valence-electron chi connectivity index (χ1n) is 24.0. The summed E-state index contributed by atoms with van der Waals surface area (Å²) in [7, 11) is 1.42. The number of quaternary nitrogens is 1. The number of hydrogen-bond donors (Lipinski definition) is 1. The van der Waals surface area contributed by atoms with E-state index in [1.807, 2.05) is 33.3 Å². The summed E-state index contributed by atoms with van der Waals surface area (Å²) in [5.41, 5.74) is 0. The third kappa shape index (κ3) is 45.2. The highest BCUT2D eigenvalue weighted by atomic mass is 31.2. The summed E-state index contributed by atoms with van der Waals surface area (Å²) in [6.45, 7) is 4.21. The van der Waals surface area contributed by atoms with E-state index >= 15 is 0 Å². The summed E-state index contributed by atoms with van der Waals surface area (Å²) < 4.78 is 34.2. The Hall–Kier alpha value is -2.29. The van der Waals surface area contributed by atoms with Crippen LogP contribution < -0.4 is 0 Å². The Kier molecular flexibility index (Phi) is 40.4. The van der Waals surface area contributed by atoms with Crippen molar-refractivity contribution < 1.29 is 42.1 Å². The van der Waals surface area contributed by atoms with E-state index in [4.69, 9.17) is 18.5 Å². The standard InChI is InChI=1S/C50H90NO8P/c1-6-8-10-12-14-16-18-20-22-23-24-25-26-27-29-30-32-34-36-38-40-42-49(52)56-46-48(47-58-60(54,55)57-45-44-51(3,4)5)59-50(53)43-41-39-37-35-33-31-28-21-19-17-15-13-11-9-7-2/h9,11,15,17,21,28,33,35,39,41,48H,6-8,10,12-14,16,18-20,22-27,29-32,34,36-38,40,42-47H2,1-5H3/p+1/b11-9-,17-15-,28-21-,35-33-,41-39-. The lowest BCUT2D eigenvalue weighted by molar-refractivity contribution is -0.870. The number of phosphoric ester groups is 1. The van der Waals surface area contributed by atoms with Crippen LogP contribution >= 0.6 is 7.82 Å². The van der Waals surface area contributed by atoms with E-state index in [0.717, 1.165) is 44.9 Å². The van der Waals surface area contributed by atoms with Gasteiger partial charge in [0, 0.05) is 6.42 Å². The van der Waals surface area contributed by atoms with Crippen molar-refractivity contribution in [2.75, 3.05) is 47.5 Å². The monoisotopic (exact) mass is 865 g/mol. The summed E-state index contributed by atoms with van der Waals surface area (Å²) in [4.78, 5) is 35.4. The van der Waals surface area contributed by atoms with Gasteiger partial charge in [-0.3, -0.25) is 18.6 Å². The number of rotatable bonds is 43. The zero-order chi connectivity index (χ0) is 44.3. The largest absolute Gasteiger partial charge is 0.472 e. The molecule has 1 N–H and O–H groups in total. The van der Waals surface area contributed by atoms with E-state index < -0.39 is 32.5 Å². The second-order valence-electron chi connectivity index (χ2n) is 17.1. The van der Waals surface area contributed by atoms with Gasteiger partial charge in [-0.15, -0.1) is 0 Å². The molecule has 0 bridgehead atoms. The van der Waals surface area contributed by atoms with Crippen molar-refractivity contribution in [3.63, 3.8) is 0 Å². The van der Waals surface area contributed by atoms with Gasteiger partial charge in [-0.2, -0.15) is 0 Å². The predicted octanol–water partition coefficient (Wildman–Crippen LogP) is 14.0. The highest BCUT2D eigenvalue weighted by Gasteiger charge is 2.27. The van der Waals surface area contributed by atoms with E-state index in [1.54, 1.807) is 6.08 Å². The summed E-state index contributed by atoms with van der Waals surface area (Å²) in [6, 6.07) is 0. The van der Waals surface area contributed by atoms with E-state index in [-0.39, 0.29) is 26.1 Å². The molecule has 348 valence electrons. The third-order valence-electron chi connectivity index (χ3n) is 10.1. The Bertz CT molecular complexity index is 1210. The highest BCUT2D eigenvalue weighted by Crippen LogP contribution is 2.43. The zero-order valence-corrected chi connectivity index (χ0v) is 40.1.